The van der Waals surface area contributed by atoms with Crippen molar-refractivity contribution in [1.29, 1.82) is 0 Å². The smallest absolute Gasteiger partial charge is 0.181 e. The van der Waals surface area contributed by atoms with Crippen LogP contribution in [0.15, 0.2) is 24.3 Å². The van der Waals surface area contributed by atoms with Crippen molar-refractivity contribution in [1.82, 2.24) is 15.0 Å². The van der Waals surface area contributed by atoms with Gasteiger partial charge < -0.3 is 0 Å². The normalized spacial score (nSPS) is 10.5. The second-order valence-electron chi connectivity index (χ2n) is 4.01. The first-order valence-electron chi connectivity index (χ1n) is 5.66. The number of carbonyl (C=O) groups excluding carboxylic acids is 1. The Bertz CT molecular complexity index is 540. The Morgan fingerprint density at radius 3 is 2.41 bits per heavy atom. The molecule has 0 aliphatic carbocycles. The van der Waals surface area contributed by atoms with Crippen molar-refractivity contribution in [2.24, 2.45) is 0 Å². The highest BCUT2D eigenvalue weighted by atomic mass is 16.1. The van der Waals surface area contributed by atoms with Gasteiger partial charge in [0.05, 0.1) is 11.4 Å². The molecule has 0 aliphatic heterocycles. The first-order chi connectivity index (χ1) is 8.13. The average molecular weight is 229 g/mol. The molecule has 0 unspecified atom stereocenters. The minimum atomic E-state index is -0.0565. The molecule has 4 heteroatoms. The molecular weight excluding hydrogens is 214 g/mol. The van der Waals surface area contributed by atoms with Gasteiger partial charge in [0.25, 0.3) is 0 Å². The van der Waals surface area contributed by atoms with Crippen molar-refractivity contribution in [3.8, 4) is 5.69 Å². The van der Waals surface area contributed by atoms with Crippen molar-refractivity contribution < 1.29 is 4.79 Å². The van der Waals surface area contributed by atoms with Crippen LogP contribution in [0, 0.1) is 6.92 Å². The number of aromatic nitrogens is 3. The summed E-state index contributed by atoms with van der Waals surface area (Å²) in [6, 6.07) is 8.10. The molecular formula is C13H15N3O. The van der Waals surface area contributed by atoms with Crippen LogP contribution in [0.2, 0.25) is 0 Å². The van der Waals surface area contributed by atoms with Gasteiger partial charge >= 0.3 is 0 Å². The number of benzene rings is 1. The highest BCUT2D eigenvalue weighted by Gasteiger charge is 2.13. The van der Waals surface area contributed by atoms with Gasteiger partial charge in [0.15, 0.2) is 11.5 Å². The third-order valence-corrected chi connectivity index (χ3v) is 2.82. The predicted molar refractivity (Wildman–Crippen MR) is 65.5 cm³/mol. The lowest BCUT2D eigenvalue weighted by atomic mass is 10.1. The van der Waals surface area contributed by atoms with Gasteiger partial charge in [-0.2, -0.15) is 0 Å². The van der Waals surface area contributed by atoms with Gasteiger partial charge in [-0.05, 0) is 31.0 Å². The summed E-state index contributed by atoms with van der Waals surface area (Å²) in [7, 11) is 0. The van der Waals surface area contributed by atoms with E-state index in [1.165, 1.54) is 12.5 Å². The topological polar surface area (TPSA) is 47.8 Å². The maximum absolute atomic E-state index is 11.3. The largest absolute Gasteiger partial charge is 0.293 e. The van der Waals surface area contributed by atoms with E-state index in [0.29, 0.717) is 5.69 Å². The van der Waals surface area contributed by atoms with E-state index in [2.05, 4.69) is 29.4 Å². The zero-order valence-corrected chi connectivity index (χ0v) is 10.3. The molecule has 0 fully saturated rings. The van der Waals surface area contributed by atoms with Crippen LogP contribution in [-0.2, 0) is 6.42 Å². The van der Waals surface area contributed by atoms with E-state index in [1.807, 2.05) is 19.1 Å². The lowest BCUT2D eigenvalue weighted by molar-refractivity contribution is 0.101. The van der Waals surface area contributed by atoms with Crippen LogP contribution in [0.5, 0.6) is 0 Å². The summed E-state index contributed by atoms with van der Waals surface area (Å²) in [5, 5.41) is 7.91. The molecule has 1 heterocycles. The summed E-state index contributed by atoms with van der Waals surface area (Å²) < 4.78 is 1.69. The molecule has 0 saturated carbocycles. The van der Waals surface area contributed by atoms with Crippen LogP contribution in [0.1, 0.15) is 35.6 Å². The van der Waals surface area contributed by atoms with E-state index < -0.39 is 0 Å². The lowest BCUT2D eigenvalue weighted by Gasteiger charge is -2.04. The van der Waals surface area contributed by atoms with E-state index in [4.69, 9.17) is 0 Å². The lowest BCUT2D eigenvalue weighted by Crippen LogP contribution is -2.01. The number of rotatable bonds is 3. The molecule has 0 saturated heterocycles. The van der Waals surface area contributed by atoms with Gasteiger partial charge in [-0.15, -0.1) is 5.10 Å². The Hall–Kier alpha value is -1.97. The second kappa shape index (κ2) is 4.49. The van der Waals surface area contributed by atoms with Gasteiger partial charge in [0.1, 0.15) is 0 Å². The number of hydrogen-bond acceptors (Lipinski definition) is 3. The van der Waals surface area contributed by atoms with Crippen LogP contribution in [0.25, 0.3) is 5.69 Å². The monoisotopic (exact) mass is 229 g/mol. The van der Waals surface area contributed by atoms with Crippen LogP contribution in [0.4, 0.5) is 0 Å². The van der Waals surface area contributed by atoms with E-state index in [9.17, 15) is 4.79 Å². The molecule has 2 aromatic rings. The van der Waals surface area contributed by atoms with Crippen molar-refractivity contribution in [3.05, 3.63) is 41.2 Å². The van der Waals surface area contributed by atoms with Crippen molar-refractivity contribution in [2.75, 3.05) is 0 Å². The number of nitrogens with zero attached hydrogens (tertiary/aromatic N) is 3. The standard InChI is InChI=1S/C13H15N3O/c1-4-11-5-7-12(8-6-11)16-9(2)13(10(3)17)14-15-16/h5-8H,4H2,1-3H3. The summed E-state index contributed by atoms with van der Waals surface area (Å²) in [6.45, 7) is 5.47. The van der Waals surface area contributed by atoms with Crippen LogP contribution >= 0.6 is 0 Å². The molecule has 0 atom stereocenters. The Kier molecular flexibility index (Phi) is 3.04. The Balaban J connectivity index is 2.42. The van der Waals surface area contributed by atoms with Gasteiger partial charge in [0, 0.05) is 6.92 Å². The summed E-state index contributed by atoms with van der Waals surface area (Å²) >= 11 is 0. The maximum Gasteiger partial charge on any atom is 0.181 e. The Morgan fingerprint density at radius 2 is 1.94 bits per heavy atom. The molecule has 1 aromatic heterocycles. The highest BCUT2D eigenvalue weighted by molar-refractivity contribution is 5.93. The Morgan fingerprint density at radius 1 is 1.29 bits per heavy atom. The minimum absolute atomic E-state index is 0.0565. The Labute approximate surface area is 100 Å². The number of ketones is 1. The van der Waals surface area contributed by atoms with Gasteiger partial charge in [-0.3, -0.25) is 4.79 Å². The second-order valence-corrected chi connectivity index (χ2v) is 4.01. The molecule has 0 bridgehead atoms. The molecule has 17 heavy (non-hydrogen) atoms. The third-order valence-electron chi connectivity index (χ3n) is 2.82. The van der Waals surface area contributed by atoms with Gasteiger partial charge in [-0.1, -0.05) is 24.3 Å². The quantitative estimate of drug-likeness (QED) is 0.759. The van der Waals surface area contributed by atoms with Crippen LogP contribution in [-0.4, -0.2) is 20.8 Å². The molecule has 88 valence electrons. The molecule has 0 spiro atoms. The predicted octanol–water partition coefficient (Wildman–Crippen LogP) is 2.34. The highest BCUT2D eigenvalue weighted by Crippen LogP contribution is 2.13. The molecule has 0 radical (unpaired) electrons. The first kappa shape index (κ1) is 11.5. The van der Waals surface area contributed by atoms with Crippen molar-refractivity contribution >= 4 is 5.78 Å². The van der Waals surface area contributed by atoms with Crippen molar-refractivity contribution in [3.63, 3.8) is 0 Å². The van der Waals surface area contributed by atoms with E-state index in [0.717, 1.165) is 17.8 Å². The summed E-state index contributed by atoms with van der Waals surface area (Å²) in [4.78, 5) is 11.3. The molecule has 2 rings (SSSR count). The maximum atomic E-state index is 11.3. The van der Waals surface area contributed by atoms with E-state index in [1.54, 1.807) is 4.68 Å². The van der Waals surface area contributed by atoms with Gasteiger partial charge in [0.2, 0.25) is 0 Å². The summed E-state index contributed by atoms with van der Waals surface area (Å²) in [5.74, 6) is -0.0565. The number of aryl methyl sites for hydroxylation is 1. The molecule has 0 amide bonds. The molecule has 0 aliphatic rings. The third kappa shape index (κ3) is 2.11. The summed E-state index contributed by atoms with van der Waals surface area (Å²) in [6.07, 6.45) is 1.01. The zero-order chi connectivity index (χ0) is 12.4. The average Bonchev–Trinajstić information content (AvgIpc) is 2.71. The van der Waals surface area contributed by atoms with Crippen LogP contribution < -0.4 is 0 Å². The first-order valence-corrected chi connectivity index (χ1v) is 5.66. The van der Waals surface area contributed by atoms with E-state index in [-0.39, 0.29) is 5.78 Å². The minimum Gasteiger partial charge on any atom is -0.293 e. The number of Topliss-reactive ketones (excluding diaryl/α,β-unsaturated/α-hetero) is 1. The molecule has 4 nitrogen and oxygen atoms in total. The fraction of sp³-hybridized carbons (Fsp3) is 0.308. The van der Waals surface area contributed by atoms with E-state index >= 15 is 0 Å². The zero-order valence-electron chi connectivity index (χ0n) is 10.3. The number of carbonyl (C=O) groups is 1. The SMILES string of the molecule is CCc1ccc(-n2nnc(C(C)=O)c2C)cc1. The fourth-order valence-electron chi connectivity index (χ4n) is 1.77. The van der Waals surface area contributed by atoms with Crippen LogP contribution in [0.3, 0.4) is 0 Å². The fourth-order valence-corrected chi connectivity index (χ4v) is 1.77. The number of hydrogen-bond donors (Lipinski definition) is 0. The summed E-state index contributed by atoms with van der Waals surface area (Å²) in [5.41, 5.74) is 3.42. The van der Waals surface area contributed by atoms with Crippen molar-refractivity contribution in [2.45, 2.75) is 27.2 Å². The van der Waals surface area contributed by atoms with Gasteiger partial charge in [-0.25, -0.2) is 4.68 Å². The molecule has 0 N–H and O–H groups in total. The molecule has 1 aromatic carbocycles.